The summed E-state index contributed by atoms with van der Waals surface area (Å²) in [5, 5.41) is 0. The normalized spacial score (nSPS) is 31.2. The molecule has 0 aromatic heterocycles. The molecule has 1 heterocycles. The molecule has 0 radical (unpaired) electrons. The summed E-state index contributed by atoms with van der Waals surface area (Å²) >= 11 is 0. The molecule has 4 N–H and O–H groups in total. The fraction of sp³-hybridized carbons (Fsp3) is 0.889. The molecule has 76 valence electrons. The predicted molar refractivity (Wildman–Crippen MR) is 52.1 cm³/mol. The van der Waals surface area contributed by atoms with Crippen LogP contribution in [0.1, 0.15) is 26.2 Å². The Balaban J connectivity index is 2.58. The van der Waals surface area contributed by atoms with E-state index in [1.165, 1.54) is 0 Å². The molecule has 4 heteroatoms. The van der Waals surface area contributed by atoms with Gasteiger partial charge in [-0.1, -0.05) is 6.92 Å². The molecule has 1 amide bonds. The van der Waals surface area contributed by atoms with Crippen LogP contribution < -0.4 is 11.5 Å². The highest BCUT2D eigenvalue weighted by atomic mass is 16.1. The first-order chi connectivity index (χ1) is 6.08. The number of hydrogen-bond acceptors (Lipinski definition) is 3. The van der Waals surface area contributed by atoms with Crippen LogP contribution in [0.4, 0.5) is 0 Å². The van der Waals surface area contributed by atoms with Crippen LogP contribution in [0.2, 0.25) is 0 Å². The first-order valence-corrected chi connectivity index (χ1v) is 4.89. The molecular formula is C9H19N3O. The Morgan fingerprint density at radius 3 is 2.69 bits per heavy atom. The van der Waals surface area contributed by atoms with Crippen LogP contribution in [0.25, 0.3) is 0 Å². The predicted octanol–water partition coefficient (Wildman–Crippen LogP) is -0.325. The average Bonchev–Trinajstić information content (AvgIpc) is 2.28. The van der Waals surface area contributed by atoms with E-state index in [-0.39, 0.29) is 5.91 Å². The van der Waals surface area contributed by atoms with E-state index in [9.17, 15) is 4.79 Å². The number of nitrogens with two attached hydrogens (primary N) is 2. The smallest absolute Gasteiger partial charge is 0.237 e. The zero-order valence-corrected chi connectivity index (χ0v) is 8.25. The van der Waals surface area contributed by atoms with E-state index < -0.39 is 5.54 Å². The molecule has 1 aliphatic rings. The Kier molecular flexibility index (Phi) is 3.27. The minimum Gasteiger partial charge on any atom is -0.368 e. The SMILES string of the molecule is CCN1CCCC(N)(C(N)=O)CC1. The summed E-state index contributed by atoms with van der Waals surface area (Å²) in [4.78, 5) is 13.4. The summed E-state index contributed by atoms with van der Waals surface area (Å²) in [5.41, 5.74) is 10.4. The third kappa shape index (κ3) is 2.42. The van der Waals surface area contributed by atoms with Crippen molar-refractivity contribution in [1.82, 2.24) is 4.90 Å². The Morgan fingerprint density at radius 1 is 1.46 bits per heavy atom. The topological polar surface area (TPSA) is 72.3 Å². The maximum atomic E-state index is 11.1. The molecule has 0 bridgehead atoms. The maximum Gasteiger partial charge on any atom is 0.237 e. The first-order valence-electron chi connectivity index (χ1n) is 4.89. The quantitative estimate of drug-likeness (QED) is 0.619. The van der Waals surface area contributed by atoms with Gasteiger partial charge in [-0.05, 0) is 32.4 Å². The zero-order valence-electron chi connectivity index (χ0n) is 8.25. The van der Waals surface area contributed by atoms with Crippen LogP contribution in [-0.2, 0) is 4.79 Å². The Labute approximate surface area is 79.3 Å². The second kappa shape index (κ2) is 4.07. The lowest BCUT2D eigenvalue weighted by atomic mass is 9.91. The van der Waals surface area contributed by atoms with Gasteiger partial charge in [0.15, 0.2) is 0 Å². The molecule has 1 unspecified atom stereocenters. The van der Waals surface area contributed by atoms with Gasteiger partial charge in [0.05, 0.1) is 5.54 Å². The van der Waals surface area contributed by atoms with Crippen molar-refractivity contribution >= 4 is 5.91 Å². The van der Waals surface area contributed by atoms with Gasteiger partial charge < -0.3 is 16.4 Å². The van der Waals surface area contributed by atoms with Crippen molar-refractivity contribution in [2.45, 2.75) is 31.7 Å². The van der Waals surface area contributed by atoms with Crippen LogP contribution in [0.5, 0.6) is 0 Å². The number of rotatable bonds is 2. The summed E-state index contributed by atoms with van der Waals surface area (Å²) in [7, 11) is 0. The number of carbonyl (C=O) groups is 1. The van der Waals surface area contributed by atoms with Crippen LogP contribution in [0.3, 0.4) is 0 Å². The fourth-order valence-electron chi connectivity index (χ4n) is 1.78. The summed E-state index contributed by atoms with van der Waals surface area (Å²) in [6.07, 6.45) is 2.38. The van der Waals surface area contributed by atoms with Gasteiger partial charge in [-0.3, -0.25) is 4.79 Å². The molecular weight excluding hydrogens is 166 g/mol. The van der Waals surface area contributed by atoms with E-state index in [0.29, 0.717) is 6.42 Å². The summed E-state index contributed by atoms with van der Waals surface area (Å²) in [6, 6.07) is 0. The van der Waals surface area contributed by atoms with Crippen molar-refractivity contribution in [3.63, 3.8) is 0 Å². The Morgan fingerprint density at radius 2 is 2.15 bits per heavy atom. The van der Waals surface area contributed by atoms with E-state index in [1.807, 2.05) is 0 Å². The Hall–Kier alpha value is -0.610. The van der Waals surface area contributed by atoms with Gasteiger partial charge in [-0.2, -0.15) is 0 Å². The van der Waals surface area contributed by atoms with Crippen molar-refractivity contribution in [2.75, 3.05) is 19.6 Å². The van der Waals surface area contributed by atoms with Gasteiger partial charge in [-0.25, -0.2) is 0 Å². The lowest BCUT2D eigenvalue weighted by molar-refractivity contribution is -0.123. The van der Waals surface area contributed by atoms with Crippen LogP contribution in [-0.4, -0.2) is 36.0 Å². The van der Waals surface area contributed by atoms with Gasteiger partial charge in [0.2, 0.25) is 5.91 Å². The van der Waals surface area contributed by atoms with E-state index in [4.69, 9.17) is 11.5 Å². The molecule has 4 nitrogen and oxygen atoms in total. The molecule has 1 rings (SSSR count). The molecule has 0 aliphatic carbocycles. The summed E-state index contributed by atoms with van der Waals surface area (Å²) < 4.78 is 0. The van der Waals surface area contributed by atoms with E-state index >= 15 is 0 Å². The lowest BCUT2D eigenvalue weighted by Gasteiger charge is -2.23. The molecule has 13 heavy (non-hydrogen) atoms. The number of carbonyl (C=O) groups excluding carboxylic acids is 1. The zero-order chi connectivity index (χ0) is 9.90. The molecule has 1 atom stereocenters. The second-order valence-electron chi connectivity index (χ2n) is 3.81. The average molecular weight is 185 g/mol. The van der Waals surface area contributed by atoms with Gasteiger partial charge in [0.25, 0.3) is 0 Å². The monoisotopic (exact) mass is 185 g/mol. The standard InChI is InChI=1S/C9H19N3O/c1-2-12-6-3-4-9(11,5-7-12)8(10)13/h2-7,11H2,1H3,(H2,10,13). The molecule has 1 fully saturated rings. The molecule has 0 saturated carbocycles. The van der Waals surface area contributed by atoms with Gasteiger partial charge in [-0.15, -0.1) is 0 Å². The van der Waals surface area contributed by atoms with Gasteiger partial charge >= 0.3 is 0 Å². The number of likely N-dealkylation sites (tertiary alicyclic amines) is 1. The van der Waals surface area contributed by atoms with Gasteiger partial charge in [0.1, 0.15) is 0 Å². The van der Waals surface area contributed by atoms with E-state index in [2.05, 4.69) is 11.8 Å². The van der Waals surface area contributed by atoms with E-state index in [0.717, 1.165) is 32.5 Å². The number of hydrogen-bond donors (Lipinski definition) is 2. The minimum absolute atomic E-state index is 0.356. The third-order valence-electron chi connectivity index (χ3n) is 2.91. The van der Waals surface area contributed by atoms with Crippen LogP contribution >= 0.6 is 0 Å². The number of amides is 1. The maximum absolute atomic E-state index is 11.1. The van der Waals surface area contributed by atoms with Crippen LogP contribution in [0.15, 0.2) is 0 Å². The molecule has 1 saturated heterocycles. The van der Waals surface area contributed by atoms with Gasteiger partial charge in [0, 0.05) is 6.54 Å². The summed E-state index contributed by atoms with van der Waals surface area (Å²) in [6.45, 7) is 5.06. The Bertz CT molecular complexity index is 195. The highest BCUT2D eigenvalue weighted by Crippen LogP contribution is 2.19. The van der Waals surface area contributed by atoms with Crippen molar-refractivity contribution in [1.29, 1.82) is 0 Å². The fourth-order valence-corrected chi connectivity index (χ4v) is 1.78. The minimum atomic E-state index is -0.760. The third-order valence-corrected chi connectivity index (χ3v) is 2.91. The van der Waals surface area contributed by atoms with Crippen molar-refractivity contribution in [3.8, 4) is 0 Å². The number of nitrogens with zero attached hydrogens (tertiary/aromatic N) is 1. The molecule has 0 aromatic carbocycles. The molecule has 0 aromatic rings. The molecule has 1 aliphatic heterocycles. The van der Waals surface area contributed by atoms with Crippen LogP contribution in [0, 0.1) is 0 Å². The highest BCUT2D eigenvalue weighted by molar-refractivity contribution is 5.84. The van der Waals surface area contributed by atoms with E-state index in [1.54, 1.807) is 0 Å². The lowest BCUT2D eigenvalue weighted by Crippen LogP contribution is -2.52. The second-order valence-corrected chi connectivity index (χ2v) is 3.81. The number of primary amides is 1. The first kappa shape index (κ1) is 10.5. The van der Waals surface area contributed by atoms with Crippen molar-refractivity contribution in [2.24, 2.45) is 11.5 Å². The molecule has 0 spiro atoms. The van der Waals surface area contributed by atoms with Crippen molar-refractivity contribution in [3.05, 3.63) is 0 Å². The van der Waals surface area contributed by atoms with Crippen molar-refractivity contribution < 1.29 is 4.79 Å². The highest BCUT2D eigenvalue weighted by Gasteiger charge is 2.33. The summed E-state index contributed by atoms with van der Waals surface area (Å²) in [5.74, 6) is -0.356. The largest absolute Gasteiger partial charge is 0.368 e.